The van der Waals surface area contributed by atoms with Crippen LogP contribution in [0.1, 0.15) is 42.3 Å². The molecule has 1 aromatic heterocycles. The lowest BCUT2D eigenvalue weighted by Gasteiger charge is -2.15. The quantitative estimate of drug-likeness (QED) is 0.654. The number of esters is 1. The Balaban J connectivity index is 2.32. The number of rotatable bonds is 6. The van der Waals surface area contributed by atoms with Crippen LogP contribution in [-0.2, 0) is 11.3 Å². The number of hydrogen-bond donors (Lipinski definition) is 1. The van der Waals surface area contributed by atoms with Gasteiger partial charge in [-0.3, -0.25) is 0 Å². The van der Waals surface area contributed by atoms with Crippen molar-refractivity contribution in [2.45, 2.75) is 33.5 Å². The highest BCUT2D eigenvalue weighted by molar-refractivity contribution is 5.92. The molecular weight excluding hydrogens is 296 g/mol. The van der Waals surface area contributed by atoms with Crippen LogP contribution in [-0.4, -0.2) is 27.2 Å². The number of benzene rings is 1. The molecule has 6 nitrogen and oxygen atoms in total. The van der Waals surface area contributed by atoms with Crippen molar-refractivity contribution < 1.29 is 19.5 Å². The third-order valence-electron chi connectivity index (χ3n) is 3.11. The zero-order chi connectivity index (χ0) is 17.0. The van der Waals surface area contributed by atoms with Crippen LogP contribution in [0, 0.1) is 0 Å². The van der Waals surface area contributed by atoms with Gasteiger partial charge in [0.25, 0.3) is 0 Å². The molecule has 6 heteroatoms. The zero-order valence-corrected chi connectivity index (χ0v) is 13.4. The predicted octanol–water partition coefficient (Wildman–Crippen LogP) is 3.30. The second-order valence-electron chi connectivity index (χ2n) is 5.43. The summed E-state index contributed by atoms with van der Waals surface area (Å²) in [5.41, 5.74) is 2.75. The van der Waals surface area contributed by atoms with Gasteiger partial charge in [0.05, 0.1) is 17.9 Å². The zero-order valence-electron chi connectivity index (χ0n) is 13.4. The fourth-order valence-electron chi connectivity index (χ4n) is 2.13. The Labute approximate surface area is 134 Å². The molecule has 0 aliphatic heterocycles. The fraction of sp³-hybridized carbons (Fsp3) is 0.294. The Kier molecular flexibility index (Phi) is 5.05. The van der Waals surface area contributed by atoms with E-state index in [1.54, 1.807) is 26.0 Å². The third kappa shape index (κ3) is 4.12. The maximum atomic E-state index is 12.3. The molecule has 0 saturated heterocycles. The number of nitrogens with zero attached hydrogens (tertiary/aromatic N) is 2. The first-order valence-electron chi connectivity index (χ1n) is 7.25. The Morgan fingerprint density at radius 3 is 2.61 bits per heavy atom. The van der Waals surface area contributed by atoms with Gasteiger partial charge in [0.15, 0.2) is 0 Å². The molecule has 1 heterocycles. The van der Waals surface area contributed by atoms with E-state index in [9.17, 15) is 10.0 Å². The average Bonchev–Trinajstić information content (AvgIpc) is 2.89. The van der Waals surface area contributed by atoms with Crippen LogP contribution in [0.5, 0.6) is 5.88 Å². The standard InChI is InChI=1S/C17H20N2O4/c1-11(2)13-6-5-7-14(17(20)23-12(3)4)15(13)10-22-16-8-9-19(21)18-16/h5-9,12,21H,1,10H2,2-4H3. The van der Waals surface area contributed by atoms with E-state index in [1.165, 1.54) is 12.3 Å². The van der Waals surface area contributed by atoms with Crippen LogP contribution < -0.4 is 4.74 Å². The van der Waals surface area contributed by atoms with E-state index in [4.69, 9.17) is 9.47 Å². The van der Waals surface area contributed by atoms with Gasteiger partial charge in [-0.2, -0.15) is 0 Å². The highest BCUT2D eigenvalue weighted by atomic mass is 16.5. The van der Waals surface area contributed by atoms with Gasteiger partial charge in [-0.05, 0) is 32.4 Å². The van der Waals surface area contributed by atoms with Crippen LogP contribution in [0.15, 0.2) is 37.0 Å². The number of allylic oxidation sites excluding steroid dienone is 1. The van der Waals surface area contributed by atoms with Gasteiger partial charge in [-0.1, -0.05) is 29.4 Å². The van der Waals surface area contributed by atoms with E-state index in [-0.39, 0.29) is 18.6 Å². The molecule has 0 spiro atoms. The van der Waals surface area contributed by atoms with Gasteiger partial charge >= 0.3 is 5.97 Å². The van der Waals surface area contributed by atoms with Crippen molar-refractivity contribution in [1.82, 2.24) is 9.94 Å². The third-order valence-corrected chi connectivity index (χ3v) is 3.11. The highest BCUT2D eigenvalue weighted by Crippen LogP contribution is 2.24. The molecule has 122 valence electrons. The van der Waals surface area contributed by atoms with E-state index in [0.717, 1.165) is 11.1 Å². The van der Waals surface area contributed by atoms with Crippen molar-refractivity contribution in [2.75, 3.05) is 0 Å². The summed E-state index contributed by atoms with van der Waals surface area (Å²) in [4.78, 5) is 13.0. The van der Waals surface area contributed by atoms with Crippen LogP contribution in [0.4, 0.5) is 0 Å². The minimum absolute atomic E-state index is 0.114. The van der Waals surface area contributed by atoms with Gasteiger partial charge in [-0.15, -0.1) is 4.85 Å². The van der Waals surface area contributed by atoms with E-state index >= 15 is 0 Å². The lowest BCUT2D eigenvalue weighted by Crippen LogP contribution is -2.15. The van der Waals surface area contributed by atoms with Crippen molar-refractivity contribution in [2.24, 2.45) is 0 Å². The summed E-state index contributed by atoms with van der Waals surface area (Å²) in [6.45, 7) is 9.51. The maximum Gasteiger partial charge on any atom is 0.338 e. The molecule has 0 radical (unpaired) electrons. The second-order valence-corrected chi connectivity index (χ2v) is 5.43. The first kappa shape index (κ1) is 16.6. The Hall–Kier alpha value is -2.76. The lowest BCUT2D eigenvalue weighted by atomic mass is 9.97. The number of ether oxygens (including phenoxy) is 2. The van der Waals surface area contributed by atoms with Gasteiger partial charge in [0, 0.05) is 11.6 Å². The highest BCUT2D eigenvalue weighted by Gasteiger charge is 2.18. The molecule has 0 unspecified atom stereocenters. The Bertz CT molecular complexity index is 719. The van der Waals surface area contributed by atoms with E-state index in [2.05, 4.69) is 11.7 Å². The SMILES string of the molecule is C=C(C)c1cccc(C(=O)OC(C)C)c1COc1ccn(O)n1. The minimum atomic E-state index is -0.408. The molecule has 0 fully saturated rings. The average molecular weight is 316 g/mol. The fourth-order valence-corrected chi connectivity index (χ4v) is 2.13. The van der Waals surface area contributed by atoms with Gasteiger partial charge in [-0.25, -0.2) is 4.79 Å². The molecule has 2 aromatic rings. The summed E-state index contributed by atoms with van der Waals surface area (Å²) in [5.74, 6) is -0.151. The Morgan fingerprint density at radius 2 is 2.04 bits per heavy atom. The first-order chi connectivity index (χ1) is 10.9. The molecule has 0 atom stereocenters. The van der Waals surface area contributed by atoms with Crippen LogP contribution >= 0.6 is 0 Å². The van der Waals surface area contributed by atoms with E-state index < -0.39 is 5.97 Å². The van der Waals surface area contributed by atoms with Crippen molar-refractivity contribution in [1.29, 1.82) is 0 Å². The summed E-state index contributed by atoms with van der Waals surface area (Å²) in [6.07, 6.45) is 1.14. The molecule has 0 aliphatic carbocycles. The second kappa shape index (κ2) is 7.00. The number of hydrogen-bond acceptors (Lipinski definition) is 5. The van der Waals surface area contributed by atoms with E-state index in [0.29, 0.717) is 16.0 Å². The van der Waals surface area contributed by atoms with Crippen molar-refractivity contribution in [3.63, 3.8) is 0 Å². The van der Waals surface area contributed by atoms with Gasteiger partial charge < -0.3 is 14.7 Å². The molecule has 2 rings (SSSR count). The predicted molar refractivity (Wildman–Crippen MR) is 85.4 cm³/mol. The number of carbonyl (C=O) groups is 1. The van der Waals surface area contributed by atoms with Crippen molar-refractivity contribution in [3.05, 3.63) is 53.7 Å². The van der Waals surface area contributed by atoms with Crippen molar-refractivity contribution >= 4 is 11.5 Å². The minimum Gasteiger partial charge on any atom is -0.472 e. The maximum absolute atomic E-state index is 12.3. The molecule has 0 bridgehead atoms. The normalized spacial score (nSPS) is 10.6. The summed E-state index contributed by atoms with van der Waals surface area (Å²) < 4.78 is 10.8. The molecule has 23 heavy (non-hydrogen) atoms. The van der Waals surface area contributed by atoms with Crippen LogP contribution in [0.25, 0.3) is 5.57 Å². The molecule has 0 saturated carbocycles. The van der Waals surface area contributed by atoms with Gasteiger partial charge in [0.2, 0.25) is 5.88 Å². The Morgan fingerprint density at radius 1 is 1.35 bits per heavy atom. The monoisotopic (exact) mass is 316 g/mol. The largest absolute Gasteiger partial charge is 0.472 e. The van der Waals surface area contributed by atoms with Crippen molar-refractivity contribution in [3.8, 4) is 5.88 Å². The summed E-state index contributed by atoms with van der Waals surface area (Å²) in [5, 5.41) is 12.9. The molecule has 0 amide bonds. The summed E-state index contributed by atoms with van der Waals surface area (Å²) in [6, 6.07) is 6.88. The molecular formula is C17H20N2O4. The number of aromatic nitrogens is 2. The first-order valence-corrected chi connectivity index (χ1v) is 7.25. The van der Waals surface area contributed by atoms with E-state index in [1.807, 2.05) is 13.0 Å². The van der Waals surface area contributed by atoms with Gasteiger partial charge in [0.1, 0.15) is 6.61 Å². The lowest BCUT2D eigenvalue weighted by molar-refractivity contribution is 0.0374. The molecule has 0 aliphatic rings. The van der Waals surface area contributed by atoms with Crippen LogP contribution in [0.2, 0.25) is 0 Å². The van der Waals surface area contributed by atoms with Crippen LogP contribution in [0.3, 0.4) is 0 Å². The molecule has 1 aromatic carbocycles. The summed E-state index contributed by atoms with van der Waals surface area (Å²) in [7, 11) is 0. The summed E-state index contributed by atoms with van der Waals surface area (Å²) >= 11 is 0. The smallest absolute Gasteiger partial charge is 0.338 e. The number of carbonyl (C=O) groups excluding carboxylic acids is 1. The topological polar surface area (TPSA) is 73.6 Å². The molecule has 1 N–H and O–H groups in total.